The van der Waals surface area contributed by atoms with Crippen molar-refractivity contribution in [3.8, 4) is 0 Å². The first-order chi connectivity index (χ1) is 6.63. The van der Waals surface area contributed by atoms with Crippen LogP contribution in [-0.4, -0.2) is 5.88 Å². The standard InChI is InChI=1S/C11H11ClF2/c1-8(3-2-4-12)9-5-10(13)7-11(14)6-9/h3,5-7H,2,4H2,1H3. The SMILES string of the molecule is CC(=CCCCl)c1cc(F)cc(F)c1. The van der Waals surface area contributed by atoms with Gasteiger partial charge in [-0.2, -0.15) is 0 Å². The van der Waals surface area contributed by atoms with Gasteiger partial charge in [0, 0.05) is 11.9 Å². The van der Waals surface area contributed by atoms with Crippen LogP contribution >= 0.6 is 11.6 Å². The number of rotatable bonds is 3. The maximum Gasteiger partial charge on any atom is 0.126 e. The Labute approximate surface area is 87.2 Å². The van der Waals surface area contributed by atoms with E-state index in [0.717, 1.165) is 11.6 Å². The zero-order chi connectivity index (χ0) is 10.6. The second-order valence-corrected chi connectivity index (χ2v) is 3.40. The van der Waals surface area contributed by atoms with E-state index in [9.17, 15) is 8.78 Å². The molecule has 0 aromatic heterocycles. The van der Waals surface area contributed by atoms with E-state index < -0.39 is 11.6 Å². The summed E-state index contributed by atoms with van der Waals surface area (Å²) in [5, 5.41) is 0. The van der Waals surface area contributed by atoms with Gasteiger partial charge >= 0.3 is 0 Å². The van der Waals surface area contributed by atoms with Crippen LogP contribution in [0.2, 0.25) is 0 Å². The molecule has 1 rings (SSSR count). The molecule has 0 radical (unpaired) electrons. The average molecular weight is 217 g/mol. The summed E-state index contributed by atoms with van der Waals surface area (Å²) >= 11 is 5.50. The third-order valence-corrected chi connectivity index (χ3v) is 2.10. The van der Waals surface area contributed by atoms with E-state index in [0.29, 0.717) is 17.9 Å². The van der Waals surface area contributed by atoms with E-state index in [4.69, 9.17) is 11.6 Å². The molecular formula is C11H11ClF2. The number of hydrogen-bond donors (Lipinski definition) is 0. The highest BCUT2D eigenvalue weighted by molar-refractivity contribution is 6.17. The summed E-state index contributed by atoms with van der Waals surface area (Å²) in [7, 11) is 0. The first kappa shape index (κ1) is 11.2. The fourth-order valence-electron chi connectivity index (χ4n) is 1.17. The molecule has 3 heteroatoms. The predicted molar refractivity (Wildman–Crippen MR) is 55.3 cm³/mol. The lowest BCUT2D eigenvalue weighted by atomic mass is 10.1. The second kappa shape index (κ2) is 5.11. The number of hydrogen-bond acceptors (Lipinski definition) is 0. The normalized spacial score (nSPS) is 11.9. The number of halogens is 3. The van der Waals surface area contributed by atoms with E-state index in [1.54, 1.807) is 6.92 Å². The van der Waals surface area contributed by atoms with E-state index in [1.165, 1.54) is 12.1 Å². The van der Waals surface area contributed by atoms with Gasteiger partial charge in [-0.15, -0.1) is 11.6 Å². The number of alkyl halides is 1. The lowest BCUT2D eigenvalue weighted by molar-refractivity contribution is 0.582. The van der Waals surface area contributed by atoms with Gasteiger partial charge in [-0.25, -0.2) is 8.78 Å². The van der Waals surface area contributed by atoms with Gasteiger partial charge in [0.05, 0.1) is 0 Å². The molecule has 14 heavy (non-hydrogen) atoms. The largest absolute Gasteiger partial charge is 0.207 e. The van der Waals surface area contributed by atoms with Crippen LogP contribution in [0.5, 0.6) is 0 Å². The highest BCUT2D eigenvalue weighted by atomic mass is 35.5. The smallest absolute Gasteiger partial charge is 0.126 e. The molecule has 0 atom stereocenters. The summed E-state index contributed by atoms with van der Waals surface area (Å²) in [5.74, 6) is -0.605. The van der Waals surface area contributed by atoms with Crippen molar-refractivity contribution in [1.82, 2.24) is 0 Å². The molecule has 0 amide bonds. The summed E-state index contributed by atoms with van der Waals surface area (Å²) in [5.41, 5.74) is 1.40. The number of allylic oxidation sites excluding steroid dienone is 2. The summed E-state index contributed by atoms with van der Waals surface area (Å²) < 4.78 is 25.6. The highest BCUT2D eigenvalue weighted by Crippen LogP contribution is 2.17. The maximum absolute atomic E-state index is 12.8. The van der Waals surface area contributed by atoms with Crippen molar-refractivity contribution < 1.29 is 8.78 Å². The molecule has 0 aliphatic carbocycles. The Morgan fingerprint density at radius 1 is 1.29 bits per heavy atom. The Kier molecular flexibility index (Phi) is 4.08. The van der Waals surface area contributed by atoms with Crippen LogP contribution in [0.15, 0.2) is 24.3 Å². The summed E-state index contributed by atoms with van der Waals surface area (Å²) in [6.45, 7) is 1.81. The van der Waals surface area contributed by atoms with Gasteiger partial charge in [-0.1, -0.05) is 6.08 Å². The van der Waals surface area contributed by atoms with Gasteiger partial charge in [0.25, 0.3) is 0 Å². The fraction of sp³-hybridized carbons (Fsp3) is 0.273. The van der Waals surface area contributed by atoms with Gasteiger partial charge in [-0.3, -0.25) is 0 Å². The van der Waals surface area contributed by atoms with Crippen LogP contribution in [0, 0.1) is 11.6 Å². The van der Waals surface area contributed by atoms with Gasteiger partial charge < -0.3 is 0 Å². The quantitative estimate of drug-likeness (QED) is 0.670. The first-order valence-electron chi connectivity index (χ1n) is 4.32. The summed E-state index contributed by atoms with van der Waals surface area (Å²) in [6.07, 6.45) is 2.56. The Morgan fingerprint density at radius 2 is 1.86 bits per heavy atom. The minimum atomic E-state index is -0.557. The van der Waals surface area contributed by atoms with Crippen molar-refractivity contribution >= 4 is 17.2 Å². The molecule has 1 aromatic rings. The topological polar surface area (TPSA) is 0 Å². The maximum atomic E-state index is 12.8. The van der Waals surface area contributed by atoms with E-state index in [-0.39, 0.29) is 0 Å². The van der Waals surface area contributed by atoms with E-state index in [1.807, 2.05) is 6.08 Å². The molecule has 0 fully saturated rings. The molecule has 0 nitrogen and oxygen atoms in total. The van der Waals surface area contributed by atoms with Crippen LogP contribution in [0.25, 0.3) is 5.57 Å². The summed E-state index contributed by atoms with van der Waals surface area (Å²) in [4.78, 5) is 0. The molecule has 0 heterocycles. The van der Waals surface area contributed by atoms with Crippen molar-refractivity contribution in [2.75, 3.05) is 5.88 Å². The molecule has 0 saturated heterocycles. The molecule has 0 unspecified atom stereocenters. The Bertz CT molecular complexity index is 325. The number of benzene rings is 1. The van der Waals surface area contributed by atoms with E-state index >= 15 is 0 Å². The molecule has 0 saturated carbocycles. The molecule has 0 N–H and O–H groups in total. The van der Waals surface area contributed by atoms with Crippen molar-refractivity contribution in [1.29, 1.82) is 0 Å². The van der Waals surface area contributed by atoms with Crippen LogP contribution in [0.3, 0.4) is 0 Å². The van der Waals surface area contributed by atoms with Crippen LogP contribution in [0.4, 0.5) is 8.78 Å². The van der Waals surface area contributed by atoms with E-state index in [2.05, 4.69) is 0 Å². The van der Waals surface area contributed by atoms with Crippen molar-refractivity contribution in [3.05, 3.63) is 41.5 Å². The molecule has 76 valence electrons. The molecule has 0 spiro atoms. The van der Waals surface area contributed by atoms with Crippen molar-refractivity contribution in [2.24, 2.45) is 0 Å². The minimum Gasteiger partial charge on any atom is -0.207 e. The zero-order valence-electron chi connectivity index (χ0n) is 7.86. The second-order valence-electron chi connectivity index (χ2n) is 3.02. The van der Waals surface area contributed by atoms with Gasteiger partial charge in [0.1, 0.15) is 11.6 Å². The van der Waals surface area contributed by atoms with Gasteiger partial charge in [0.15, 0.2) is 0 Å². The molecule has 1 aromatic carbocycles. The predicted octanol–water partition coefficient (Wildman–Crippen LogP) is 4.00. The third kappa shape index (κ3) is 3.11. The van der Waals surface area contributed by atoms with Gasteiger partial charge in [-0.05, 0) is 36.6 Å². The van der Waals surface area contributed by atoms with Crippen molar-refractivity contribution in [2.45, 2.75) is 13.3 Å². The monoisotopic (exact) mass is 216 g/mol. The minimum absolute atomic E-state index is 0.509. The fourth-order valence-corrected chi connectivity index (χ4v) is 1.28. The van der Waals surface area contributed by atoms with Crippen LogP contribution in [0.1, 0.15) is 18.9 Å². The van der Waals surface area contributed by atoms with Crippen molar-refractivity contribution in [3.63, 3.8) is 0 Å². The third-order valence-electron chi connectivity index (χ3n) is 1.88. The molecule has 0 bridgehead atoms. The zero-order valence-corrected chi connectivity index (χ0v) is 8.61. The van der Waals surface area contributed by atoms with Gasteiger partial charge in [0.2, 0.25) is 0 Å². The highest BCUT2D eigenvalue weighted by Gasteiger charge is 2.01. The Morgan fingerprint density at radius 3 is 2.36 bits per heavy atom. The first-order valence-corrected chi connectivity index (χ1v) is 4.86. The molecule has 0 aliphatic rings. The molecule has 0 aliphatic heterocycles. The lowest BCUT2D eigenvalue weighted by Crippen LogP contribution is -1.86. The summed E-state index contributed by atoms with van der Waals surface area (Å²) in [6, 6.07) is 3.48. The lowest BCUT2D eigenvalue weighted by Gasteiger charge is -2.02. The molecular weight excluding hydrogens is 206 g/mol. The average Bonchev–Trinajstić information content (AvgIpc) is 2.12. The van der Waals surface area contributed by atoms with Crippen LogP contribution in [-0.2, 0) is 0 Å². The Hall–Kier alpha value is -0.890. The Balaban J connectivity index is 2.95. The van der Waals surface area contributed by atoms with Crippen LogP contribution < -0.4 is 0 Å².